The fourth-order valence-corrected chi connectivity index (χ4v) is 2.38. The van der Waals surface area contributed by atoms with E-state index in [0.717, 1.165) is 11.0 Å². The number of hydrogen-bond donors (Lipinski definition) is 1. The van der Waals surface area contributed by atoms with Gasteiger partial charge in [-0.05, 0) is 19.1 Å². The van der Waals surface area contributed by atoms with Crippen LogP contribution in [0.3, 0.4) is 0 Å². The highest BCUT2D eigenvalue weighted by atomic mass is 19.1. The van der Waals surface area contributed by atoms with Crippen LogP contribution < -0.4 is 10.2 Å². The average molecular weight is 336 g/mol. The van der Waals surface area contributed by atoms with Crippen LogP contribution in [0.1, 0.15) is 21.7 Å². The van der Waals surface area contributed by atoms with Crippen molar-refractivity contribution in [1.82, 2.24) is 5.32 Å². The first-order valence-electron chi connectivity index (χ1n) is 7.22. The van der Waals surface area contributed by atoms with E-state index in [2.05, 4.69) is 5.32 Å². The minimum atomic E-state index is -1.05. The standard InChI is InChI=1S/C16H14F2N2O4/c1-9-10(2-5-23-9)8-24-15(21)11-6-14(13(18)7-12(11)17)20-4-3-19-16(20)22/h2,5-7H,3-4,8H2,1H3,(H,19,22). The number of halogens is 2. The van der Waals surface area contributed by atoms with E-state index < -0.39 is 29.2 Å². The molecule has 0 saturated carbocycles. The van der Waals surface area contributed by atoms with Crippen molar-refractivity contribution in [2.45, 2.75) is 13.5 Å². The number of amides is 2. The molecule has 1 aromatic carbocycles. The molecule has 24 heavy (non-hydrogen) atoms. The molecular formula is C16H14F2N2O4. The Bertz CT molecular complexity index is 803. The van der Waals surface area contributed by atoms with E-state index in [-0.39, 0.29) is 18.8 Å². The number of benzene rings is 1. The highest BCUT2D eigenvalue weighted by Gasteiger charge is 2.27. The third-order valence-electron chi connectivity index (χ3n) is 3.73. The van der Waals surface area contributed by atoms with Gasteiger partial charge in [0.2, 0.25) is 0 Å². The summed E-state index contributed by atoms with van der Waals surface area (Å²) in [4.78, 5) is 24.8. The van der Waals surface area contributed by atoms with Crippen molar-refractivity contribution in [3.05, 3.63) is 53.0 Å². The Morgan fingerprint density at radius 3 is 2.79 bits per heavy atom. The Morgan fingerprint density at radius 1 is 1.38 bits per heavy atom. The van der Waals surface area contributed by atoms with Gasteiger partial charge in [0.1, 0.15) is 24.0 Å². The molecule has 0 bridgehead atoms. The maximum Gasteiger partial charge on any atom is 0.341 e. The van der Waals surface area contributed by atoms with Crippen molar-refractivity contribution < 1.29 is 27.5 Å². The number of nitrogens with zero attached hydrogens (tertiary/aromatic N) is 1. The topological polar surface area (TPSA) is 71.8 Å². The summed E-state index contributed by atoms with van der Waals surface area (Å²) in [5, 5.41) is 2.51. The van der Waals surface area contributed by atoms with Gasteiger partial charge in [0, 0.05) is 24.7 Å². The monoisotopic (exact) mass is 336 g/mol. The number of aryl methyl sites for hydroxylation is 1. The molecule has 0 unspecified atom stereocenters. The van der Waals surface area contributed by atoms with Gasteiger partial charge < -0.3 is 14.5 Å². The number of nitrogens with one attached hydrogen (secondary N) is 1. The van der Waals surface area contributed by atoms with Gasteiger partial charge in [-0.2, -0.15) is 0 Å². The van der Waals surface area contributed by atoms with Crippen molar-refractivity contribution in [2.24, 2.45) is 0 Å². The molecule has 2 aromatic rings. The molecule has 126 valence electrons. The van der Waals surface area contributed by atoms with E-state index in [1.807, 2.05) is 0 Å². The molecule has 1 saturated heterocycles. The molecule has 0 atom stereocenters. The minimum Gasteiger partial charge on any atom is -0.469 e. The lowest BCUT2D eigenvalue weighted by molar-refractivity contribution is 0.0466. The third-order valence-corrected chi connectivity index (χ3v) is 3.73. The molecule has 3 rings (SSSR count). The number of carbonyl (C=O) groups is 2. The van der Waals surface area contributed by atoms with E-state index in [1.54, 1.807) is 13.0 Å². The second kappa shape index (κ2) is 6.31. The van der Waals surface area contributed by atoms with E-state index in [9.17, 15) is 18.4 Å². The molecule has 1 fully saturated rings. The molecule has 0 spiro atoms. The van der Waals surface area contributed by atoms with Gasteiger partial charge in [0.05, 0.1) is 17.5 Å². The number of furan rings is 1. The Labute approximate surface area is 136 Å². The molecule has 2 amide bonds. The molecule has 1 aromatic heterocycles. The Hall–Kier alpha value is -2.90. The highest BCUT2D eigenvalue weighted by molar-refractivity contribution is 5.97. The molecular weight excluding hydrogens is 322 g/mol. The summed E-state index contributed by atoms with van der Waals surface area (Å²) in [6, 6.07) is 2.68. The molecule has 1 aliphatic heterocycles. The minimum absolute atomic E-state index is 0.0997. The zero-order chi connectivity index (χ0) is 17.3. The second-order valence-corrected chi connectivity index (χ2v) is 5.25. The summed E-state index contributed by atoms with van der Waals surface area (Å²) in [6.07, 6.45) is 1.45. The summed E-state index contributed by atoms with van der Waals surface area (Å²) < 4.78 is 38.0. The van der Waals surface area contributed by atoms with Gasteiger partial charge in [0.15, 0.2) is 0 Å². The van der Waals surface area contributed by atoms with Gasteiger partial charge in [-0.3, -0.25) is 4.90 Å². The normalized spacial score (nSPS) is 14.0. The summed E-state index contributed by atoms with van der Waals surface area (Å²) in [7, 11) is 0. The van der Waals surface area contributed by atoms with Gasteiger partial charge in [0.25, 0.3) is 0 Å². The Balaban J connectivity index is 1.83. The number of anilines is 1. The molecule has 0 aliphatic carbocycles. The predicted octanol–water partition coefficient (Wildman–Crippen LogP) is 2.75. The van der Waals surface area contributed by atoms with Gasteiger partial charge in [-0.25, -0.2) is 18.4 Å². The molecule has 2 heterocycles. The van der Waals surface area contributed by atoms with Crippen LogP contribution in [0.5, 0.6) is 0 Å². The first-order valence-corrected chi connectivity index (χ1v) is 7.22. The Morgan fingerprint density at radius 2 is 2.17 bits per heavy atom. The highest BCUT2D eigenvalue weighted by Crippen LogP contribution is 2.25. The summed E-state index contributed by atoms with van der Waals surface area (Å²) in [6.45, 7) is 2.17. The van der Waals surface area contributed by atoms with Crippen LogP contribution in [0, 0.1) is 18.6 Å². The largest absolute Gasteiger partial charge is 0.469 e. The van der Waals surface area contributed by atoms with Crippen molar-refractivity contribution >= 4 is 17.7 Å². The maximum absolute atomic E-state index is 14.0. The number of carbonyl (C=O) groups excluding carboxylic acids is 2. The second-order valence-electron chi connectivity index (χ2n) is 5.25. The first kappa shape index (κ1) is 16.0. The van der Waals surface area contributed by atoms with E-state index in [0.29, 0.717) is 23.9 Å². The van der Waals surface area contributed by atoms with Crippen LogP contribution in [0.2, 0.25) is 0 Å². The predicted molar refractivity (Wildman–Crippen MR) is 79.7 cm³/mol. The third kappa shape index (κ3) is 2.94. The fraction of sp³-hybridized carbons (Fsp3) is 0.250. The lowest BCUT2D eigenvalue weighted by atomic mass is 10.1. The van der Waals surface area contributed by atoms with E-state index >= 15 is 0 Å². The van der Waals surface area contributed by atoms with Crippen LogP contribution in [0.4, 0.5) is 19.3 Å². The lowest BCUT2D eigenvalue weighted by Gasteiger charge is -2.16. The number of esters is 1. The van der Waals surface area contributed by atoms with Crippen LogP contribution in [0.25, 0.3) is 0 Å². The fourth-order valence-electron chi connectivity index (χ4n) is 2.38. The van der Waals surface area contributed by atoms with Crippen LogP contribution >= 0.6 is 0 Å². The van der Waals surface area contributed by atoms with Gasteiger partial charge >= 0.3 is 12.0 Å². The van der Waals surface area contributed by atoms with Crippen LogP contribution in [0.15, 0.2) is 28.9 Å². The lowest BCUT2D eigenvalue weighted by Crippen LogP contribution is -2.29. The summed E-state index contributed by atoms with van der Waals surface area (Å²) >= 11 is 0. The summed E-state index contributed by atoms with van der Waals surface area (Å²) in [5.41, 5.74) is 0.0371. The first-order chi connectivity index (χ1) is 11.5. The number of urea groups is 1. The van der Waals surface area contributed by atoms with E-state index in [1.165, 1.54) is 6.26 Å². The maximum atomic E-state index is 14.0. The number of rotatable bonds is 4. The molecule has 1 N–H and O–H groups in total. The molecule has 6 nitrogen and oxygen atoms in total. The van der Waals surface area contributed by atoms with Crippen molar-refractivity contribution in [3.63, 3.8) is 0 Å². The van der Waals surface area contributed by atoms with Gasteiger partial charge in [-0.15, -0.1) is 0 Å². The SMILES string of the molecule is Cc1occc1COC(=O)c1cc(N2CCNC2=O)c(F)cc1F. The molecule has 0 radical (unpaired) electrons. The average Bonchev–Trinajstić information content (AvgIpc) is 3.14. The van der Waals surface area contributed by atoms with Crippen LogP contribution in [-0.2, 0) is 11.3 Å². The quantitative estimate of drug-likeness (QED) is 0.872. The Kier molecular flexibility index (Phi) is 4.20. The number of hydrogen-bond acceptors (Lipinski definition) is 4. The summed E-state index contributed by atoms with van der Waals surface area (Å²) in [5.74, 6) is -2.35. The molecule has 1 aliphatic rings. The van der Waals surface area contributed by atoms with E-state index in [4.69, 9.17) is 9.15 Å². The van der Waals surface area contributed by atoms with Crippen molar-refractivity contribution in [1.29, 1.82) is 0 Å². The van der Waals surface area contributed by atoms with Crippen LogP contribution in [-0.4, -0.2) is 25.1 Å². The zero-order valence-corrected chi connectivity index (χ0v) is 12.8. The zero-order valence-electron chi connectivity index (χ0n) is 12.8. The molecule has 8 heteroatoms. The number of ether oxygens (including phenoxy) is 1. The van der Waals surface area contributed by atoms with Gasteiger partial charge in [-0.1, -0.05) is 0 Å². The smallest absolute Gasteiger partial charge is 0.341 e. The van der Waals surface area contributed by atoms with Crippen molar-refractivity contribution in [2.75, 3.05) is 18.0 Å². The van der Waals surface area contributed by atoms with Crippen molar-refractivity contribution in [3.8, 4) is 0 Å².